The Balaban J connectivity index is 3.65. The van der Waals surface area contributed by atoms with Crippen molar-refractivity contribution in [3.8, 4) is 0 Å². The van der Waals surface area contributed by atoms with Crippen molar-refractivity contribution in [1.82, 2.24) is 0 Å². The Bertz CT molecular complexity index is 205. The summed E-state index contributed by atoms with van der Waals surface area (Å²) in [6.45, 7) is 0.338. The van der Waals surface area contributed by atoms with Crippen LogP contribution in [-0.2, 0) is 9.53 Å². The second-order valence-electron chi connectivity index (χ2n) is 2.12. The minimum Gasteiger partial charge on any atom is -0.460 e. The van der Waals surface area contributed by atoms with E-state index in [0.717, 1.165) is 6.07 Å². The van der Waals surface area contributed by atoms with Gasteiger partial charge in [0.15, 0.2) is 0 Å². The van der Waals surface area contributed by atoms with E-state index < -0.39 is 0 Å². The molecule has 0 aromatic rings. The van der Waals surface area contributed by atoms with Crippen LogP contribution in [0, 0.1) is 0 Å². The van der Waals surface area contributed by atoms with E-state index in [1.165, 1.54) is 0 Å². The zero-order valence-electron chi connectivity index (χ0n) is 6.66. The summed E-state index contributed by atoms with van der Waals surface area (Å²) in [6, 6.07) is 0. The van der Waals surface area contributed by atoms with Crippen molar-refractivity contribution < 1.29 is 9.53 Å². The molecule has 0 spiro atoms. The Morgan fingerprint density at radius 1 is 1.46 bits per heavy atom. The van der Waals surface area contributed by atoms with Gasteiger partial charge in [0.1, 0.15) is 6.61 Å². The van der Waals surface area contributed by atoms with Crippen molar-refractivity contribution in [3.63, 3.8) is 0 Å². The molecule has 13 heavy (non-hydrogen) atoms. The molecule has 0 heterocycles. The first-order valence-corrected chi connectivity index (χ1v) is 6.97. The van der Waals surface area contributed by atoms with Gasteiger partial charge in [-0.1, -0.05) is 0 Å². The van der Waals surface area contributed by atoms with Gasteiger partial charge in [0.2, 0.25) is 0 Å². The van der Waals surface area contributed by atoms with Gasteiger partial charge in [-0.15, -0.1) is 11.6 Å². The van der Waals surface area contributed by atoms with E-state index in [0.29, 0.717) is 25.3 Å². The number of rotatable bonds is 5. The van der Waals surface area contributed by atoms with Gasteiger partial charge < -0.3 is 4.74 Å². The normalized spacial score (nSPS) is 12.3. The van der Waals surface area contributed by atoms with Gasteiger partial charge in [-0.2, -0.15) is 0 Å². The Hall–Kier alpha value is 1.44. The molecule has 0 amide bonds. The Morgan fingerprint density at radius 2 is 2.08 bits per heavy atom. The van der Waals surface area contributed by atoms with Crippen LogP contribution in [0.5, 0.6) is 0 Å². The molecule has 0 bridgehead atoms. The van der Waals surface area contributed by atoms with Crippen molar-refractivity contribution in [1.29, 1.82) is 0 Å². The minimum atomic E-state index is -0.194. The number of ether oxygens (including phenoxy) is 1. The van der Waals surface area contributed by atoms with Gasteiger partial charge >= 0.3 is 5.97 Å². The average Bonchev–Trinajstić information content (AvgIpc) is 2.10. The summed E-state index contributed by atoms with van der Waals surface area (Å²) < 4.78 is 6.92. The zero-order valence-corrected chi connectivity index (χ0v) is 13.3. The second-order valence-corrected chi connectivity index (χ2v) is 7.15. The predicted octanol–water partition coefficient (Wildman–Crippen LogP) is 3.98. The van der Waals surface area contributed by atoms with Crippen LogP contribution < -0.4 is 0 Å². The molecule has 0 aromatic carbocycles. The second kappa shape index (κ2) is 8.72. The summed E-state index contributed by atoms with van der Waals surface area (Å²) in [5.74, 6) is 0.304. The number of carbonyl (C=O) groups excluding carboxylic acids is 1. The van der Waals surface area contributed by atoms with E-state index >= 15 is 0 Å². The van der Waals surface area contributed by atoms with Gasteiger partial charge in [0.25, 0.3) is 0 Å². The number of esters is 1. The lowest BCUT2D eigenvalue weighted by atomic mass is 10.3. The molecule has 0 aliphatic heterocycles. The number of hydrogen-bond acceptors (Lipinski definition) is 2. The van der Waals surface area contributed by atoms with E-state index in [-0.39, 0.29) is 5.97 Å². The zero-order chi connectivity index (χ0) is 10.3. The SMILES string of the molecule is O=C(CCCCl)OC/C(I)=C(\Br)I. The fourth-order valence-corrected chi connectivity index (χ4v) is 1.04. The summed E-state index contributed by atoms with van der Waals surface area (Å²) in [5.41, 5.74) is 0. The lowest BCUT2D eigenvalue weighted by molar-refractivity contribution is -0.142. The van der Waals surface area contributed by atoms with Crippen LogP contribution >= 0.6 is 72.7 Å². The minimum absolute atomic E-state index is 0.194. The molecule has 0 fully saturated rings. The maximum absolute atomic E-state index is 11.0. The fourth-order valence-electron chi connectivity index (χ4n) is 0.482. The highest BCUT2D eigenvalue weighted by Gasteiger charge is 2.04. The van der Waals surface area contributed by atoms with Crippen LogP contribution in [0.15, 0.2) is 6.07 Å². The third-order valence-corrected chi connectivity index (χ3v) is 5.10. The van der Waals surface area contributed by atoms with Crippen molar-refractivity contribution in [2.24, 2.45) is 0 Å². The molecule has 0 saturated carbocycles. The molecule has 0 aromatic heterocycles. The van der Waals surface area contributed by atoms with Crippen LogP contribution in [0.2, 0.25) is 0 Å². The lowest BCUT2D eigenvalue weighted by Gasteiger charge is -2.03. The molecule has 0 radical (unpaired) electrons. The van der Waals surface area contributed by atoms with Crippen molar-refractivity contribution in [2.75, 3.05) is 12.5 Å². The predicted molar refractivity (Wildman–Crippen MR) is 74.9 cm³/mol. The molecular weight excluding hydrogens is 485 g/mol. The molecular formula is C7H8BrClI2O2. The first-order chi connectivity index (χ1) is 6.07. The van der Waals surface area contributed by atoms with E-state index in [9.17, 15) is 4.79 Å². The smallest absolute Gasteiger partial charge is 0.306 e. The molecule has 0 N–H and O–H groups in total. The largest absolute Gasteiger partial charge is 0.460 e. The summed E-state index contributed by atoms with van der Waals surface area (Å²) in [5, 5.41) is 0. The first-order valence-electron chi connectivity index (χ1n) is 3.49. The summed E-state index contributed by atoms with van der Waals surface area (Å²) in [7, 11) is 0. The van der Waals surface area contributed by atoms with E-state index in [1.807, 2.05) is 0 Å². The number of halogens is 4. The molecule has 0 saturated heterocycles. The highest BCUT2D eigenvalue weighted by Crippen LogP contribution is 2.24. The number of alkyl halides is 1. The van der Waals surface area contributed by atoms with Gasteiger partial charge in [0.05, 0.1) is 2.49 Å². The molecule has 2 nitrogen and oxygen atoms in total. The Kier molecular flexibility index (Phi) is 9.69. The van der Waals surface area contributed by atoms with Crippen molar-refractivity contribution in [2.45, 2.75) is 12.8 Å². The van der Waals surface area contributed by atoms with E-state index in [2.05, 4.69) is 61.1 Å². The molecule has 0 unspecified atom stereocenters. The van der Waals surface area contributed by atoms with Crippen molar-refractivity contribution >= 4 is 78.7 Å². The van der Waals surface area contributed by atoms with Crippen LogP contribution in [-0.4, -0.2) is 18.5 Å². The number of hydrogen-bond donors (Lipinski definition) is 0. The standard InChI is InChI=1S/C7H8BrClI2O2/c8-7(11)5(10)4-13-6(12)2-1-3-9/h1-4H2/b7-5-. The van der Waals surface area contributed by atoms with Crippen LogP contribution in [0.1, 0.15) is 12.8 Å². The Morgan fingerprint density at radius 3 is 2.54 bits per heavy atom. The lowest BCUT2D eigenvalue weighted by Crippen LogP contribution is -2.05. The van der Waals surface area contributed by atoms with Gasteiger partial charge in [-0.05, 0) is 67.5 Å². The summed E-state index contributed by atoms with van der Waals surface area (Å²) in [4.78, 5) is 11.0. The highest BCUT2D eigenvalue weighted by molar-refractivity contribution is 14.1. The van der Waals surface area contributed by atoms with Crippen LogP contribution in [0.3, 0.4) is 0 Å². The molecule has 6 heteroatoms. The maximum atomic E-state index is 11.0. The third-order valence-electron chi connectivity index (χ3n) is 1.08. The highest BCUT2D eigenvalue weighted by atomic mass is 127. The van der Waals surface area contributed by atoms with Gasteiger partial charge in [-0.3, -0.25) is 4.79 Å². The third kappa shape index (κ3) is 8.44. The summed E-state index contributed by atoms with van der Waals surface area (Å²) in [6.07, 6.45) is 1.07. The molecule has 0 atom stereocenters. The van der Waals surface area contributed by atoms with Gasteiger partial charge in [0, 0.05) is 15.9 Å². The summed E-state index contributed by atoms with van der Waals surface area (Å²) >= 11 is 13.0. The first kappa shape index (κ1) is 14.4. The average molecular weight is 493 g/mol. The Labute approximate surface area is 118 Å². The molecule has 0 aliphatic rings. The quantitative estimate of drug-likeness (QED) is 0.329. The molecule has 0 aliphatic carbocycles. The van der Waals surface area contributed by atoms with Gasteiger partial charge in [-0.25, -0.2) is 0 Å². The molecule has 0 rings (SSSR count). The molecule has 76 valence electrons. The maximum Gasteiger partial charge on any atom is 0.306 e. The van der Waals surface area contributed by atoms with E-state index in [4.69, 9.17) is 16.3 Å². The topological polar surface area (TPSA) is 26.3 Å². The van der Waals surface area contributed by atoms with E-state index in [1.54, 1.807) is 0 Å². The van der Waals surface area contributed by atoms with Crippen LogP contribution in [0.25, 0.3) is 0 Å². The monoisotopic (exact) mass is 492 g/mol. The van der Waals surface area contributed by atoms with Crippen molar-refractivity contribution in [3.05, 3.63) is 6.07 Å². The van der Waals surface area contributed by atoms with Crippen LogP contribution in [0.4, 0.5) is 0 Å². The fraction of sp³-hybridized carbons (Fsp3) is 0.571. The number of carbonyl (C=O) groups is 1.